The summed E-state index contributed by atoms with van der Waals surface area (Å²) in [7, 11) is -3.17. The van der Waals surface area contributed by atoms with Crippen molar-refractivity contribution in [1.29, 1.82) is 0 Å². The Morgan fingerprint density at radius 2 is 2.24 bits per heavy atom. The normalized spacial score (nSPS) is 18.2. The van der Waals surface area contributed by atoms with Gasteiger partial charge in [-0.25, -0.2) is 8.42 Å². The van der Waals surface area contributed by atoms with E-state index in [0.29, 0.717) is 12.4 Å². The van der Waals surface area contributed by atoms with E-state index < -0.39 is 15.1 Å². The molecule has 7 heteroatoms. The van der Waals surface area contributed by atoms with Crippen LogP contribution in [0.15, 0.2) is 4.52 Å². The van der Waals surface area contributed by atoms with E-state index in [2.05, 4.69) is 15.5 Å². The summed E-state index contributed by atoms with van der Waals surface area (Å²) in [5.41, 5.74) is 0. The van der Waals surface area contributed by atoms with Gasteiger partial charge in [0.1, 0.15) is 5.25 Å². The second-order valence-electron chi connectivity index (χ2n) is 4.59. The van der Waals surface area contributed by atoms with Gasteiger partial charge in [0.25, 0.3) is 0 Å². The van der Waals surface area contributed by atoms with E-state index in [4.69, 9.17) is 4.52 Å². The maximum absolute atomic E-state index is 11.3. The first-order valence-corrected chi connectivity index (χ1v) is 7.64. The predicted molar refractivity (Wildman–Crippen MR) is 62.0 cm³/mol. The molecule has 1 aromatic rings. The van der Waals surface area contributed by atoms with E-state index in [0.717, 1.165) is 12.5 Å². The lowest BCUT2D eigenvalue weighted by Crippen LogP contribution is -2.16. The van der Waals surface area contributed by atoms with Gasteiger partial charge in [-0.05, 0) is 32.2 Å². The quantitative estimate of drug-likeness (QED) is 0.808. The molecule has 1 aromatic heterocycles. The van der Waals surface area contributed by atoms with Gasteiger partial charge in [0.05, 0.1) is 6.54 Å². The van der Waals surface area contributed by atoms with Gasteiger partial charge in [-0.1, -0.05) is 5.16 Å². The molecule has 1 aliphatic rings. The lowest BCUT2D eigenvalue weighted by atomic mass is 10.4. The van der Waals surface area contributed by atoms with Crippen LogP contribution in [-0.2, 0) is 16.4 Å². The molecule has 0 spiro atoms. The van der Waals surface area contributed by atoms with Crippen LogP contribution in [0.3, 0.4) is 0 Å². The van der Waals surface area contributed by atoms with Crippen LogP contribution < -0.4 is 5.32 Å². The summed E-state index contributed by atoms with van der Waals surface area (Å²) in [6.07, 6.45) is 3.74. The largest absolute Gasteiger partial charge is 0.338 e. The van der Waals surface area contributed by atoms with E-state index in [1.54, 1.807) is 6.92 Å². The van der Waals surface area contributed by atoms with Crippen molar-refractivity contribution < 1.29 is 12.9 Å². The zero-order chi connectivity index (χ0) is 12.5. The van der Waals surface area contributed by atoms with Crippen molar-refractivity contribution in [2.75, 3.05) is 12.8 Å². The predicted octanol–water partition coefficient (Wildman–Crippen LogP) is 0.675. The van der Waals surface area contributed by atoms with Gasteiger partial charge < -0.3 is 9.84 Å². The third-order valence-corrected chi connectivity index (χ3v) is 4.39. The zero-order valence-electron chi connectivity index (χ0n) is 10.0. The monoisotopic (exact) mass is 259 g/mol. The average molecular weight is 259 g/mol. The average Bonchev–Trinajstić information content (AvgIpc) is 2.93. The molecule has 1 fully saturated rings. The van der Waals surface area contributed by atoms with Crippen molar-refractivity contribution in [3.8, 4) is 0 Å². The molecule has 0 aromatic carbocycles. The fourth-order valence-corrected chi connectivity index (χ4v) is 1.88. The van der Waals surface area contributed by atoms with E-state index in [9.17, 15) is 8.42 Å². The minimum atomic E-state index is -3.17. The summed E-state index contributed by atoms with van der Waals surface area (Å²) in [6.45, 7) is 3.01. The van der Waals surface area contributed by atoms with E-state index in [1.165, 1.54) is 19.1 Å². The Labute approximate surface area is 101 Å². The van der Waals surface area contributed by atoms with Gasteiger partial charge in [0, 0.05) is 6.26 Å². The second kappa shape index (κ2) is 4.73. The molecular formula is C10H17N3O3S. The minimum Gasteiger partial charge on any atom is -0.338 e. The lowest BCUT2D eigenvalue weighted by molar-refractivity contribution is 0.361. The molecule has 0 radical (unpaired) electrons. The Morgan fingerprint density at radius 1 is 1.53 bits per heavy atom. The van der Waals surface area contributed by atoms with Crippen molar-refractivity contribution in [2.24, 2.45) is 5.92 Å². The van der Waals surface area contributed by atoms with Crippen molar-refractivity contribution in [3.05, 3.63) is 11.7 Å². The molecule has 1 atom stereocenters. The van der Waals surface area contributed by atoms with Crippen molar-refractivity contribution in [2.45, 2.75) is 31.6 Å². The first kappa shape index (κ1) is 12.5. The van der Waals surface area contributed by atoms with Gasteiger partial charge in [-0.2, -0.15) is 4.98 Å². The highest BCUT2D eigenvalue weighted by Gasteiger charge is 2.23. The standard InChI is InChI=1S/C10H17N3O3S/c1-7(17(2,14)15)10-12-9(16-13-10)6-11-5-8-3-4-8/h7-8,11H,3-6H2,1-2H3. The molecule has 17 heavy (non-hydrogen) atoms. The number of aromatic nitrogens is 2. The van der Waals surface area contributed by atoms with Crippen molar-refractivity contribution in [1.82, 2.24) is 15.5 Å². The molecule has 6 nitrogen and oxygen atoms in total. The zero-order valence-corrected chi connectivity index (χ0v) is 10.8. The highest BCUT2D eigenvalue weighted by atomic mass is 32.2. The number of nitrogens with zero attached hydrogens (tertiary/aromatic N) is 2. The van der Waals surface area contributed by atoms with Crippen molar-refractivity contribution >= 4 is 9.84 Å². The molecule has 1 aliphatic carbocycles. The van der Waals surface area contributed by atoms with Crippen LogP contribution in [0.5, 0.6) is 0 Å². The van der Waals surface area contributed by atoms with Crippen LogP contribution in [0.1, 0.15) is 36.7 Å². The van der Waals surface area contributed by atoms with Crippen molar-refractivity contribution in [3.63, 3.8) is 0 Å². The molecule has 0 amide bonds. The Kier molecular flexibility index (Phi) is 3.48. The Hall–Kier alpha value is -0.950. The number of nitrogens with one attached hydrogen (secondary N) is 1. The summed E-state index contributed by atoms with van der Waals surface area (Å²) in [4.78, 5) is 4.07. The molecule has 1 N–H and O–H groups in total. The highest BCUT2D eigenvalue weighted by Crippen LogP contribution is 2.27. The number of hydrogen-bond donors (Lipinski definition) is 1. The van der Waals surface area contributed by atoms with E-state index in [1.807, 2.05) is 0 Å². The third kappa shape index (κ3) is 3.50. The SMILES string of the molecule is CC(c1noc(CNCC2CC2)n1)S(C)(=O)=O. The Bertz CT molecular complexity index is 479. The van der Waals surface area contributed by atoms with Crippen LogP contribution >= 0.6 is 0 Å². The fourth-order valence-electron chi connectivity index (χ4n) is 1.40. The number of hydrogen-bond acceptors (Lipinski definition) is 6. The first-order valence-electron chi connectivity index (χ1n) is 5.69. The second-order valence-corrected chi connectivity index (χ2v) is 6.96. The maximum atomic E-state index is 11.3. The van der Waals surface area contributed by atoms with E-state index in [-0.39, 0.29) is 5.82 Å². The van der Waals surface area contributed by atoms with E-state index >= 15 is 0 Å². The molecule has 96 valence electrons. The van der Waals surface area contributed by atoms with Gasteiger partial charge in [-0.15, -0.1) is 0 Å². The minimum absolute atomic E-state index is 0.232. The summed E-state index contributed by atoms with van der Waals surface area (Å²) >= 11 is 0. The Balaban J connectivity index is 1.90. The van der Waals surface area contributed by atoms with Crippen LogP contribution in [0, 0.1) is 5.92 Å². The molecule has 1 unspecified atom stereocenters. The topological polar surface area (TPSA) is 85.1 Å². The summed E-state index contributed by atoms with van der Waals surface area (Å²) < 4.78 is 27.6. The maximum Gasteiger partial charge on any atom is 0.240 e. The first-order chi connectivity index (χ1) is 7.97. The molecule has 1 saturated carbocycles. The summed E-state index contributed by atoms with van der Waals surface area (Å²) in [5.74, 6) is 1.46. The molecule has 0 saturated heterocycles. The smallest absolute Gasteiger partial charge is 0.240 e. The molecule has 0 aliphatic heterocycles. The summed E-state index contributed by atoms with van der Waals surface area (Å²) in [5, 5.41) is 6.18. The number of sulfone groups is 1. The third-order valence-electron chi connectivity index (χ3n) is 2.90. The summed E-state index contributed by atoms with van der Waals surface area (Å²) in [6, 6.07) is 0. The van der Waals surface area contributed by atoms with Crippen LogP contribution in [0.2, 0.25) is 0 Å². The molecular weight excluding hydrogens is 242 g/mol. The fraction of sp³-hybridized carbons (Fsp3) is 0.800. The van der Waals surface area contributed by atoms with Gasteiger partial charge in [0.2, 0.25) is 5.89 Å². The van der Waals surface area contributed by atoms with Crippen LogP contribution in [0.4, 0.5) is 0 Å². The molecule has 1 heterocycles. The van der Waals surface area contributed by atoms with Crippen LogP contribution in [0.25, 0.3) is 0 Å². The van der Waals surface area contributed by atoms with Gasteiger partial charge in [-0.3, -0.25) is 0 Å². The lowest BCUT2D eigenvalue weighted by Gasteiger charge is -2.01. The Morgan fingerprint density at radius 3 is 2.82 bits per heavy atom. The molecule has 0 bridgehead atoms. The molecule has 2 rings (SSSR count). The highest BCUT2D eigenvalue weighted by molar-refractivity contribution is 7.90. The number of rotatable bonds is 6. The van der Waals surface area contributed by atoms with Gasteiger partial charge >= 0.3 is 0 Å². The van der Waals surface area contributed by atoms with Crippen LogP contribution in [-0.4, -0.2) is 31.4 Å². The van der Waals surface area contributed by atoms with Gasteiger partial charge in [0.15, 0.2) is 15.7 Å².